The number of unbranched alkanes of at least 4 members (excludes halogenated alkanes) is 1. The van der Waals surface area contributed by atoms with Crippen molar-refractivity contribution in [2.45, 2.75) is 37.8 Å². The van der Waals surface area contributed by atoms with Gasteiger partial charge in [-0.1, -0.05) is 6.42 Å². The number of aliphatic carboxylic acids is 2. The van der Waals surface area contributed by atoms with Gasteiger partial charge in [-0.05, 0) is 19.4 Å². The Labute approximate surface area is 162 Å². The van der Waals surface area contributed by atoms with Gasteiger partial charge in [0.2, 0.25) is 5.91 Å². The normalized spacial score (nSPS) is 14.2. The van der Waals surface area contributed by atoms with Crippen LogP contribution in [0.15, 0.2) is 9.98 Å². The molecule has 0 aromatic rings. The van der Waals surface area contributed by atoms with Crippen molar-refractivity contribution < 1.29 is 41.7 Å². The summed E-state index contributed by atoms with van der Waals surface area (Å²) in [4.78, 5) is 39.5. The first-order valence-electron chi connectivity index (χ1n) is 7.76. The van der Waals surface area contributed by atoms with Gasteiger partial charge in [0.15, 0.2) is 0 Å². The minimum Gasteiger partial charge on any atom is -0.480 e. The molecule has 0 spiro atoms. The number of carbonyl (C=O) groups is 3. The zero-order valence-corrected chi connectivity index (χ0v) is 15.2. The first-order chi connectivity index (χ1) is 11.8. The van der Waals surface area contributed by atoms with Crippen molar-refractivity contribution >= 4 is 29.9 Å². The minimum atomic E-state index is -1.11. The number of nitrogens with two attached hydrogens (primary N) is 3. The molecule has 0 bridgehead atoms. The van der Waals surface area contributed by atoms with E-state index < -0.39 is 29.9 Å². The van der Waals surface area contributed by atoms with Crippen LogP contribution in [0.25, 0.3) is 0 Å². The second-order valence-electron chi connectivity index (χ2n) is 5.25. The van der Waals surface area contributed by atoms with E-state index in [0.29, 0.717) is 25.2 Å². The van der Waals surface area contributed by atoms with Gasteiger partial charge in [0.1, 0.15) is 18.4 Å². The smallest absolute Gasteiger partial charge is 0.326 e. The van der Waals surface area contributed by atoms with Crippen LogP contribution in [0.5, 0.6) is 0 Å². The van der Waals surface area contributed by atoms with E-state index in [4.69, 9.17) is 27.4 Å². The third kappa shape index (κ3) is 12.5. The molecule has 0 unspecified atom stereocenters. The largest absolute Gasteiger partial charge is 0.480 e. The molecule has 9 N–H and O–H groups in total. The molecule has 0 fully saturated rings. The average Bonchev–Trinajstić information content (AvgIpc) is 3.07. The third-order valence-electron chi connectivity index (χ3n) is 3.14. The van der Waals surface area contributed by atoms with E-state index in [1.54, 1.807) is 0 Å². The van der Waals surface area contributed by atoms with Crippen LogP contribution in [0.4, 0.5) is 0 Å². The second kappa shape index (κ2) is 15.4. The molecule has 0 aliphatic carbocycles. The number of carboxylic acid groups (broad SMARTS) is 2. The summed E-state index contributed by atoms with van der Waals surface area (Å²) in [6.45, 7) is 0.765. The van der Waals surface area contributed by atoms with Gasteiger partial charge in [-0.3, -0.25) is 14.6 Å². The van der Waals surface area contributed by atoms with E-state index in [9.17, 15) is 14.4 Å². The Morgan fingerprint density at radius 1 is 1.19 bits per heavy atom. The van der Waals surface area contributed by atoms with Crippen molar-refractivity contribution in [2.24, 2.45) is 27.2 Å². The van der Waals surface area contributed by atoms with Crippen LogP contribution >= 0.6 is 0 Å². The summed E-state index contributed by atoms with van der Waals surface area (Å²) >= 11 is 0. The third-order valence-corrected chi connectivity index (χ3v) is 3.14. The Morgan fingerprint density at radius 3 is 2.27 bits per heavy atom. The molecule has 1 radical (unpaired) electrons. The number of nitrogens with one attached hydrogen (secondary N) is 1. The molecule has 0 saturated carbocycles. The van der Waals surface area contributed by atoms with E-state index >= 15 is 0 Å². The Bertz CT molecular complexity index is 514. The van der Waals surface area contributed by atoms with Gasteiger partial charge in [0, 0.05) is 29.2 Å². The van der Waals surface area contributed by atoms with Gasteiger partial charge in [0.05, 0.1) is 13.1 Å². The monoisotopic (exact) mass is 421 g/mol. The zero-order valence-electron chi connectivity index (χ0n) is 14.2. The van der Waals surface area contributed by atoms with E-state index in [-0.39, 0.29) is 30.0 Å². The summed E-state index contributed by atoms with van der Waals surface area (Å²) in [7, 11) is 0. The number of carboxylic acids is 2. The van der Waals surface area contributed by atoms with Crippen molar-refractivity contribution in [1.29, 1.82) is 0 Å². The van der Waals surface area contributed by atoms with Crippen LogP contribution in [-0.2, 0) is 31.5 Å². The van der Waals surface area contributed by atoms with Crippen LogP contribution < -0.4 is 22.5 Å². The summed E-state index contributed by atoms with van der Waals surface area (Å²) in [5.74, 6) is -2.54. The van der Waals surface area contributed by atoms with Crippen LogP contribution in [0.2, 0.25) is 0 Å². The molecule has 11 nitrogen and oxygen atoms in total. The fraction of sp³-hybridized carbons (Fsp3) is 0.643. The summed E-state index contributed by atoms with van der Waals surface area (Å²) in [6, 6.07) is -1.70. The number of rotatable bonds is 10. The number of hydrogen-bond acceptors (Lipinski definition) is 8. The molecule has 0 aromatic heterocycles. The minimum absolute atomic E-state index is 0. The molecule has 153 valence electrons. The standard InChI is InChI=1S/C8H12N4O3.C6H14N2O2.Cu/c9-2-7(13)12-6(8(14)15)1-5-3-10-4-11-5;7-4-2-1-3-5(8)6(9)10;/h4,6H,1-3,9H2,(H,12,13)(H,14,15);5H,1-4,7-8H2,(H,9,10);/t6-;5-;/m00./s1. The maximum atomic E-state index is 10.9. The molecular formula is C14H26CuN6O5. The second-order valence-corrected chi connectivity index (χ2v) is 5.25. The van der Waals surface area contributed by atoms with Crippen molar-refractivity contribution in [3.63, 3.8) is 0 Å². The summed E-state index contributed by atoms with van der Waals surface area (Å²) in [5.41, 5.74) is 16.1. The quantitative estimate of drug-likeness (QED) is 0.170. The van der Waals surface area contributed by atoms with Gasteiger partial charge in [0.25, 0.3) is 0 Å². The van der Waals surface area contributed by atoms with Gasteiger partial charge in [-0.25, -0.2) is 9.79 Å². The van der Waals surface area contributed by atoms with E-state index in [1.165, 1.54) is 6.34 Å². The van der Waals surface area contributed by atoms with Crippen molar-refractivity contribution in [3.8, 4) is 0 Å². The Balaban J connectivity index is 0. The van der Waals surface area contributed by atoms with Crippen molar-refractivity contribution in [1.82, 2.24) is 5.32 Å². The van der Waals surface area contributed by atoms with Crippen molar-refractivity contribution in [2.75, 3.05) is 19.6 Å². The Hall–Kier alpha value is -1.85. The Morgan fingerprint density at radius 2 is 1.85 bits per heavy atom. The van der Waals surface area contributed by atoms with Crippen LogP contribution in [0, 0.1) is 0 Å². The van der Waals surface area contributed by atoms with Crippen molar-refractivity contribution in [3.05, 3.63) is 0 Å². The first-order valence-corrected chi connectivity index (χ1v) is 7.76. The molecule has 2 atom stereocenters. The maximum absolute atomic E-state index is 10.9. The summed E-state index contributed by atoms with van der Waals surface area (Å²) in [6.07, 6.45) is 3.69. The van der Waals surface area contributed by atoms with Crippen LogP contribution in [0.1, 0.15) is 25.7 Å². The number of aliphatic imine (C=N–C) groups is 2. The number of amides is 1. The average molecular weight is 422 g/mol. The molecule has 0 saturated heterocycles. The van der Waals surface area contributed by atoms with Gasteiger partial charge in [-0.15, -0.1) is 0 Å². The molecule has 1 aliphatic rings. The molecule has 0 aromatic carbocycles. The molecule has 1 rings (SSSR count). The molecule has 12 heteroatoms. The topological polar surface area (TPSA) is 206 Å². The molecule has 1 amide bonds. The SMILES string of the molecule is NCC(=O)N[C@@H](CC1=NC=NC1)C(=O)O.NCCCC[C@H](N)C(=O)O.[Cu]. The van der Waals surface area contributed by atoms with E-state index in [1.807, 2.05) is 0 Å². The van der Waals surface area contributed by atoms with Crippen LogP contribution in [-0.4, -0.2) is 71.8 Å². The fourth-order valence-corrected chi connectivity index (χ4v) is 1.75. The predicted molar refractivity (Wildman–Crippen MR) is 92.5 cm³/mol. The fourth-order valence-electron chi connectivity index (χ4n) is 1.75. The van der Waals surface area contributed by atoms with Crippen LogP contribution in [0.3, 0.4) is 0 Å². The summed E-state index contributed by atoms with van der Waals surface area (Å²) < 4.78 is 0. The van der Waals surface area contributed by atoms with E-state index in [2.05, 4.69) is 15.3 Å². The summed E-state index contributed by atoms with van der Waals surface area (Å²) in [5, 5.41) is 19.4. The van der Waals surface area contributed by atoms with Gasteiger partial charge >= 0.3 is 11.9 Å². The first kappa shape index (κ1) is 26.4. The predicted octanol–water partition coefficient (Wildman–Crippen LogP) is -2.09. The van der Waals surface area contributed by atoms with Gasteiger partial charge < -0.3 is 32.7 Å². The maximum Gasteiger partial charge on any atom is 0.326 e. The Kier molecular flexibility index (Phi) is 15.6. The van der Waals surface area contributed by atoms with Gasteiger partial charge in [-0.2, -0.15) is 0 Å². The molecular weight excluding hydrogens is 396 g/mol. The molecule has 1 heterocycles. The molecule has 26 heavy (non-hydrogen) atoms. The van der Waals surface area contributed by atoms with E-state index in [0.717, 1.165) is 12.8 Å². The molecule has 1 aliphatic heterocycles. The zero-order chi connectivity index (χ0) is 19.2. The number of nitrogens with zero attached hydrogens (tertiary/aromatic N) is 2. The number of carbonyl (C=O) groups excluding carboxylic acids is 1. The number of hydrogen-bond donors (Lipinski definition) is 6.